The molecule has 2 aromatic rings. The van der Waals surface area contributed by atoms with Gasteiger partial charge < -0.3 is 5.73 Å². The molecule has 3 N–H and O–H groups in total. The van der Waals surface area contributed by atoms with Crippen LogP contribution < -0.4 is 10.5 Å². The van der Waals surface area contributed by atoms with Gasteiger partial charge in [-0.3, -0.25) is 4.72 Å². The number of nitrogen functional groups attached to an aromatic ring is 1. The fourth-order valence-corrected chi connectivity index (χ4v) is 3.41. The maximum absolute atomic E-state index is 12.3. The highest BCUT2D eigenvalue weighted by Crippen LogP contribution is 2.25. The lowest BCUT2D eigenvalue weighted by molar-refractivity contribution is 0.600. The minimum Gasteiger partial charge on any atom is -0.398 e. The van der Waals surface area contributed by atoms with Crippen molar-refractivity contribution >= 4 is 37.3 Å². The summed E-state index contributed by atoms with van der Waals surface area (Å²) in [5.74, 6) is 0. The second-order valence-corrected chi connectivity index (χ2v) is 6.32. The molecule has 0 unspecified atom stereocenters. The van der Waals surface area contributed by atoms with Gasteiger partial charge in [-0.1, -0.05) is 6.07 Å². The zero-order chi connectivity index (χ0) is 14.0. The van der Waals surface area contributed by atoms with Crippen LogP contribution in [0.25, 0.3) is 0 Å². The van der Waals surface area contributed by atoms with Gasteiger partial charge in [0.15, 0.2) is 0 Å². The number of aromatic nitrogens is 1. The Labute approximate surface area is 120 Å². The minimum absolute atomic E-state index is 0.156. The first-order valence-electron chi connectivity index (χ1n) is 5.40. The van der Waals surface area contributed by atoms with Gasteiger partial charge in [0.25, 0.3) is 10.0 Å². The van der Waals surface area contributed by atoms with E-state index in [1.807, 2.05) is 0 Å². The first-order chi connectivity index (χ1) is 8.92. The predicted molar refractivity (Wildman–Crippen MR) is 78.3 cm³/mol. The van der Waals surface area contributed by atoms with Crippen molar-refractivity contribution in [1.82, 2.24) is 4.98 Å². The fourth-order valence-electron chi connectivity index (χ4n) is 1.58. The average Bonchev–Trinajstić information content (AvgIpc) is 2.35. The molecule has 0 radical (unpaired) electrons. The molecule has 0 aliphatic heterocycles. The molecule has 0 amide bonds. The third kappa shape index (κ3) is 2.87. The summed E-state index contributed by atoms with van der Waals surface area (Å²) in [5.41, 5.74) is 7.07. The number of nitrogens with zero attached hydrogens (tertiary/aromatic N) is 1. The first kappa shape index (κ1) is 13.8. The van der Waals surface area contributed by atoms with Crippen molar-refractivity contribution in [3.05, 3.63) is 46.7 Å². The highest BCUT2D eigenvalue weighted by molar-refractivity contribution is 9.10. The van der Waals surface area contributed by atoms with Gasteiger partial charge in [0.2, 0.25) is 0 Å². The van der Waals surface area contributed by atoms with Crippen LogP contribution in [0.4, 0.5) is 11.4 Å². The van der Waals surface area contributed by atoms with Crippen LogP contribution in [0.15, 0.2) is 46.0 Å². The molecule has 5 nitrogen and oxygen atoms in total. The van der Waals surface area contributed by atoms with Crippen LogP contribution in [-0.2, 0) is 10.0 Å². The summed E-state index contributed by atoms with van der Waals surface area (Å²) in [5, 5.41) is 0. The molecule has 7 heteroatoms. The molecule has 0 aliphatic rings. The minimum atomic E-state index is -3.69. The number of nitrogens with two attached hydrogens (primary N) is 1. The van der Waals surface area contributed by atoms with Crippen LogP contribution >= 0.6 is 15.9 Å². The number of benzene rings is 1. The normalized spacial score (nSPS) is 11.3. The third-order valence-corrected chi connectivity index (χ3v) is 4.76. The summed E-state index contributed by atoms with van der Waals surface area (Å²) in [6, 6.07) is 8.05. The van der Waals surface area contributed by atoms with E-state index in [0.29, 0.717) is 21.5 Å². The second kappa shape index (κ2) is 5.18. The number of pyridine rings is 1. The van der Waals surface area contributed by atoms with Crippen LogP contribution in [0.3, 0.4) is 0 Å². The molecule has 0 spiro atoms. The lowest BCUT2D eigenvalue weighted by atomic mass is 10.2. The number of halogens is 1. The van der Waals surface area contributed by atoms with Gasteiger partial charge in [-0.2, -0.15) is 0 Å². The van der Waals surface area contributed by atoms with Gasteiger partial charge in [-0.25, -0.2) is 13.4 Å². The Morgan fingerprint density at radius 1 is 1.26 bits per heavy atom. The van der Waals surface area contributed by atoms with Gasteiger partial charge in [0, 0.05) is 11.9 Å². The van der Waals surface area contributed by atoms with Crippen molar-refractivity contribution in [2.45, 2.75) is 11.8 Å². The molecule has 1 heterocycles. The van der Waals surface area contributed by atoms with Crippen molar-refractivity contribution in [2.24, 2.45) is 0 Å². The Kier molecular flexibility index (Phi) is 3.77. The van der Waals surface area contributed by atoms with Gasteiger partial charge in [0.1, 0.15) is 4.60 Å². The predicted octanol–water partition coefficient (Wildman–Crippen LogP) is 2.54. The summed E-state index contributed by atoms with van der Waals surface area (Å²) in [6.45, 7) is 1.67. The molecule has 0 saturated heterocycles. The molecule has 2 rings (SSSR count). The Hall–Kier alpha value is -1.60. The van der Waals surface area contributed by atoms with Gasteiger partial charge in [-0.15, -0.1) is 0 Å². The Bertz CT molecular complexity index is 717. The van der Waals surface area contributed by atoms with E-state index in [9.17, 15) is 8.42 Å². The van der Waals surface area contributed by atoms with E-state index in [1.54, 1.807) is 37.4 Å². The molecule has 1 aromatic carbocycles. The van der Waals surface area contributed by atoms with E-state index < -0.39 is 10.0 Å². The van der Waals surface area contributed by atoms with Crippen molar-refractivity contribution in [3.63, 3.8) is 0 Å². The number of hydrogen-bond donors (Lipinski definition) is 2. The zero-order valence-corrected chi connectivity index (χ0v) is 12.5. The smallest absolute Gasteiger partial charge is 0.262 e. The van der Waals surface area contributed by atoms with E-state index in [2.05, 4.69) is 25.6 Å². The second-order valence-electron chi connectivity index (χ2n) is 3.92. The van der Waals surface area contributed by atoms with Crippen LogP contribution in [0.5, 0.6) is 0 Å². The van der Waals surface area contributed by atoms with E-state index in [0.717, 1.165) is 0 Å². The van der Waals surface area contributed by atoms with Crippen molar-refractivity contribution in [1.29, 1.82) is 0 Å². The number of hydrogen-bond acceptors (Lipinski definition) is 4. The average molecular weight is 342 g/mol. The molecule has 100 valence electrons. The highest BCUT2D eigenvalue weighted by Gasteiger charge is 2.19. The summed E-state index contributed by atoms with van der Waals surface area (Å²) in [6.07, 6.45) is 1.56. The Morgan fingerprint density at radius 3 is 2.68 bits per heavy atom. The van der Waals surface area contributed by atoms with Crippen LogP contribution in [-0.4, -0.2) is 13.4 Å². The lowest BCUT2D eigenvalue weighted by Crippen LogP contribution is -2.15. The number of anilines is 2. The summed E-state index contributed by atoms with van der Waals surface area (Å²) >= 11 is 3.19. The maximum Gasteiger partial charge on any atom is 0.262 e. The quantitative estimate of drug-likeness (QED) is 0.663. The summed E-state index contributed by atoms with van der Waals surface area (Å²) in [7, 11) is -3.69. The first-order valence-corrected chi connectivity index (χ1v) is 7.68. The molecule has 0 atom stereocenters. The Morgan fingerprint density at radius 2 is 2.00 bits per heavy atom. The molecule has 19 heavy (non-hydrogen) atoms. The van der Waals surface area contributed by atoms with Crippen LogP contribution in [0.1, 0.15) is 5.56 Å². The van der Waals surface area contributed by atoms with E-state index in [1.165, 1.54) is 6.07 Å². The SMILES string of the molecule is Cc1c(N)cccc1S(=O)(=O)Nc1cccnc1Br. The maximum atomic E-state index is 12.3. The van der Waals surface area contributed by atoms with Crippen molar-refractivity contribution < 1.29 is 8.42 Å². The number of nitrogens with one attached hydrogen (secondary N) is 1. The number of rotatable bonds is 3. The molecule has 1 aromatic heterocycles. The largest absolute Gasteiger partial charge is 0.398 e. The van der Waals surface area contributed by atoms with Crippen molar-refractivity contribution in [3.8, 4) is 0 Å². The third-order valence-electron chi connectivity index (χ3n) is 2.62. The molecular formula is C12H12BrN3O2S. The standard InChI is InChI=1S/C12H12BrN3O2S/c1-8-9(14)4-2-6-11(8)19(17,18)16-10-5-3-7-15-12(10)13/h2-7,16H,14H2,1H3. The van der Waals surface area contributed by atoms with Gasteiger partial charge in [0.05, 0.1) is 10.6 Å². The van der Waals surface area contributed by atoms with E-state index in [-0.39, 0.29) is 4.90 Å². The number of sulfonamides is 1. The highest BCUT2D eigenvalue weighted by atomic mass is 79.9. The fraction of sp³-hybridized carbons (Fsp3) is 0.0833. The molecule has 0 bridgehead atoms. The molecular weight excluding hydrogens is 330 g/mol. The van der Waals surface area contributed by atoms with Gasteiger partial charge in [-0.05, 0) is 52.7 Å². The summed E-state index contributed by atoms with van der Waals surface area (Å²) < 4.78 is 27.5. The van der Waals surface area contributed by atoms with Crippen LogP contribution in [0, 0.1) is 6.92 Å². The van der Waals surface area contributed by atoms with E-state index >= 15 is 0 Å². The van der Waals surface area contributed by atoms with E-state index in [4.69, 9.17) is 5.73 Å². The van der Waals surface area contributed by atoms with Crippen LogP contribution in [0.2, 0.25) is 0 Å². The Balaban J connectivity index is 2.44. The lowest BCUT2D eigenvalue weighted by Gasteiger charge is -2.12. The molecule has 0 fully saturated rings. The zero-order valence-electron chi connectivity index (χ0n) is 10.1. The monoisotopic (exact) mass is 341 g/mol. The molecule has 0 aliphatic carbocycles. The molecule has 0 saturated carbocycles. The van der Waals surface area contributed by atoms with Gasteiger partial charge >= 0.3 is 0 Å². The topological polar surface area (TPSA) is 85.1 Å². The van der Waals surface area contributed by atoms with Crippen molar-refractivity contribution in [2.75, 3.05) is 10.5 Å². The summed E-state index contributed by atoms with van der Waals surface area (Å²) in [4.78, 5) is 4.12.